The fourth-order valence-electron chi connectivity index (χ4n) is 1.24. The van der Waals surface area contributed by atoms with Gasteiger partial charge in [0, 0.05) is 24.2 Å². The third-order valence-corrected chi connectivity index (χ3v) is 2.27. The van der Waals surface area contributed by atoms with Crippen molar-refractivity contribution in [3.05, 3.63) is 34.9 Å². The van der Waals surface area contributed by atoms with Crippen LogP contribution in [-0.4, -0.2) is 20.7 Å². The van der Waals surface area contributed by atoms with Gasteiger partial charge in [-0.2, -0.15) is 0 Å². The molecule has 0 aliphatic carbocycles. The zero-order chi connectivity index (χ0) is 9.68. The van der Waals surface area contributed by atoms with Gasteiger partial charge in [0.1, 0.15) is 0 Å². The van der Waals surface area contributed by atoms with Crippen LogP contribution in [0.4, 0.5) is 0 Å². The van der Waals surface area contributed by atoms with E-state index in [0.29, 0.717) is 0 Å². The van der Waals surface area contributed by atoms with E-state index >= 15 is 0 Å². The predicted octanol–water partition coefficient (Wildman–Crippen LogP) is 2.25. The summed E-state index contributed by atoms with van der Waals surface area (Å²) in [6.07, 6.45) is 0.0266. The summed E-state index contributed by atoms with van der Waals surface area (Å²) in [5.41, 5.74) is 1.03. The van der Waals surface area contributed by atoms with Crippen molar-refractivity contribution in [2.45, 2.75) is 6.10 Å². The van der Waals surface area contributed by atoms with Crippen LogP contribution in [-0.2, 0) is 4.74 Å². The summed E-state index contributed by atoms with van der Waals surface area (Å²) in [7, 11) is 3.58. The SMILES string of the molecule is CNCC(OC)c1ccccc1Cl. The van der Waals surface area contributed by atoms with Gasteiger partial charge in [-0.05, 0) is 13.1 Å². The van der Waals surface area contributed by atoms with Crippen LogP contribution in [0, 0.1) is 0 Å². The van der Waals surface area contributed by atoms with Crippen molar-refractivity contribution in [2.24, 2.45) is 0 Å². The number of benzene rings is 1. The molecule has 0 amide bonds. The maximum absolute atomic E-state index is 6.03. The van der Waals surface area contributed by atoms with E-state index in [4.69, 9.17) is 16.3 Å². The second kappa shape index (κ2) is 5.22. The first-order valence-corrected chi connectivity index (χ1v) is 4.59. The first-order chi connectivity index (χ1) is 6.29. The summed E-state index contributed by atoms with van der Waals surface area (Å²) in [6, 6.07) is 7.73. The zero-order valence-corrected chi connectivity index (χ0v) is 8.64. The van der Waals surface area contributed by atoms with Crippen molar-refractivity contribution in [3.8, 4) is 0 Å². The number of hydrogen-bond donors (Lipinski definition) is 1. The van der Waals surface area contributed by atoms with Crippen molar-refractivity contribution in [2.75, 3.05) is 20.7 Å². The Morgan fingerprint density at radius 2 is 2.15 bits per heavy atom. The molecule has 1 N–H and O–H groups in total. The average molecular weight is 200 g/mol. The van der Waals surface area contributed by atoms with Gasteiger partial charge in [0.05, 0.1) is 6.10 Å². The van der Waals surface area contributed by atoms with Gasteiger partial charge in [0.2, 0.25) is 0 Å². The maximum Gasteiger partial charge on any atom is 0.0959 e. The van der Waals surface area contributed by atoms with Gasteiger partial charge in [0.25, 0.3) is 0 Å². The van der Waals surface area contributed by atoms with Crippen molar-refractivity contribution in [1.82, 2.24) is 5.32 Å². The highest BCUT2D eigenvalue weighted by Gasteiger charge is 2.11. The Bertz CT molecular complexity index is 265. The Morgan fingerprint density at radius 3 is 2.69 bits per heavy atom. The maximum atomic E-state index is 6.03. The molecule has 0 radical (unpaired) electrons. The Hall–Kier alpha value is -0.570. The minimum absolute atomic E-state index is 0.0266. The quantitative estimate of drug-likeness (QED) is 0.803. The molecule has 0 aromatic heterocycles. The summed E-state index contributed by atoms with van der Waals surface area (Å²) in [5, 5.41) is 3.82. The zero-order valence-electron chi connectivity index (χ0n) is 7.88. The molecule has 0 saturated heterocycles. The molecule has 1 aromatic carbocycles. The Labute approximate surface area is 83.9 Å². The van der Waals surface area contributed by atoms with E-state index in [1.807, 2.05) is 31.3 Å². The molecule has 1 rings (SSSR count). The van der Waals surface area contributed by atoms with Gasteiger partial charge >= 0.3 is 0 Å². The van der Waals surface area contributed by atoms with E-state index < -0.39 is 0 Å². The lowest BCUT2D eigenvalue weighted by molar-refractivity contribution is 0.104. The highest BCUT2D eigenvalue weighted by Crippen LogP contribution is 2.24. The third-order valence-electron chi connectivity index (χ3n) is 1.93. The van der Waals surface area contributed by atoms with Crippen LogP contribution in [0.1, 0.15) is 11.7 Å². The lowest BCUT2D eigenvalue weighted by Gasteiger charge is -2.16. The fraction of sp³-hybridized carbons (Fsp3) is 0.400. The van der Waals surface area contributed by atoms with E-state index in [2.05, 4.69) is 5.32 Å². The molecule has 72 valence electrons. The van der Waals surface area contributed by atoms with Crippen LogP contribution in [0.2, 0.25) is 5.02 Å². The molecule has 1 atom stereocenters. The van der Waals surface area contributed by atoms with Crippen LogP contribution >= 0.6 is 11.6 Å². The third kappa shape index (κ3) is 2.69. The largest absolute Gasteiger partial charge is 0.375 e. The summed E-state index contributed by atoms with van der Waals surface area (Å²) >= 11 is 6.03. The van der Waals surface area contributed by atoms with E-state index in [0.717, 1.165) is 17.1 Å². The van der Waals surface area contributed by atoms with E-state index in [-0.39, 0.29) is 6.10 Å². The Balaban J connectivity index is 2.84. The minimum Gasteiger partial charge on any atom is -0.375 e. The first kappa shape index (κ1) is 10.5. The number of methoxy groups -OCH3 is 1. The highest BCUT2D eigenvalue weighted by molar-refractivity contribution is 6.31. The molecule has 0 spiro atoms. The van der Waals surface area contributed by atoms with Crippen molar-refractivity contribution < 1.29 is 4.74 Å². The summed E-state index contributed by atoms with van der Waals surface area (Å²) in [5.74, 6) is 0. The molecular weight excluding hydrogens is 186 g/mol. The van der Waals surface area contributed by atoms with Crippen LogP contribution in [0.5, 0.6) is 0 Å². The molecule has 0 aliphatic rings. The van der Waals surface area contributed by atoms with E-state index in [1.165, 1.54) is 0 Å². The number of likely N-dealkylation sites (N-methyl/N-ethyl adjacent to an activating group) is 1. The minimum atomic E-state index is 0.0266. The van der Waals surface area contributed by atoms with Gasteiger partial charge in [-0.3, -0.25) is 0 Å². The number of nitrogens with one attached hydrogen (secondary N) is 1. The first-order valence-electron chi connectivity index (χ1n) is 4.21. The Morgan fingerprint density at radius 1 is 1.46 bits per heavy atom. The van der Waals surface area contributed by atoms with Gasteiger partial charge in [-0.25, -0.2) is 0 Å². The predicted molar refractivity (Wildman–Crippen MR) is 55.1 cm³/mol. The van der Waals surface area contributed by atoms with Crippen LogP contribution in [0.15, 0.2) is 24.3 Å². The number of rotatable bonds is 4. The Kier molecular flexibility index (Phi) is 4.22. The average Bonchev–Trinajstić information content (AvgIpc) is 2.16. The van der Waals surface area contributed by atoms with Gasteiger partial charge in [0.15, 0.2) is 0 Å². The van der Waals surface area contributed by atoms with E-state index in [1.54, 1.807) is 7.11 Å². The smallest absolute Gasteiger partial charge is 0.0959 e. The lowest BCUT2D eigenvalue weighted by atomic mass is 10.1. The van der Waals surface area contributed by atoms with Crippen molar-refractivity contribution in [1.29, 1.82) is 0 Å². The topological polar surface area (TPSA) is 21.3 Å². The normalized spacial score (nSPS) is 12.8. The molecule has 3 heteroatoms. The summed E-state index contributed by atoms with van der Waals surface area (Å²) in [4.78, 5) is 0. The number of halogens is 1. The molecule has 0 bridgehead atoms. The van der Waals surface area contributed by atoms with Crippen LogP contribution in [0.25, 0.3) is 0 Å². The summed E-state index contributed by atoms with van der Waals surface area (Å²) < 4.78 is 5.31. The second-order valence-corrected chi connectivity index (χ2v) is 3.21. The lowest BCUT2D eigenvalue weighted by Crippen LogP contribution is -2.18. The molecule has 1 unspecified atom stereocenters. The molecule has 0 saturated carbocycles. The molecule has 13 heavy (non-hydrogen) atoms. The van der Waals surface area contributed by atoms with Crippen LogP contribution in [0.3, 0.4) is 0 Å². The standard InChI is InChI=1S/C10H14ClNO/c1-12-7-10(13-2)8-5-3-4-6-9(8)11/h3-6,10,12H,7H2,1-2H3. The molecule has 0 fully saturated rings. The molecule has 0 heterocycles. The van der Waals surface area contributed by atoms with Crippen molar-refractivity contribution in [3.63, 3.8) is 0 Å². The number of hydrogen-bond acceptors (Lipinski definition) is 2. The van der Waals surface area contributed by atoms with E-state index in [9.17, 15) is 0 Å². The van der Waals surface area contributed by atoms with Crippen LogP contribution < -0.4 is 5.32 Å². The van der Waals surface area contributed by atoms with Gasteiger partial charge in [-0.15, -0.1) is 0 Å². The number of ether oxygens (including phenoxy) is 1. The van der Waals surface area contributed by atoms with Crippen molar-refractivity contribution >= 4 is 11.6 Å². The molecule has 2 nitrogen and oxygen atoms in total. The highest BCUT2D eigenvalue weighted by atomic mass is 35.5. The molecule has 1 aromatic rings. The van der Waals surface area contributed by atoms with Gasteiger partial charge in [-0.1, -0.05) is 29.8 Å². The fourth-order valence-corrected chi connectivity index (χ4v) is 1.50. The van der Waals surface area contributed by atoms with Gasteiger partial charge < -0.3 is 10.1 Å². The molecule has 0 aliphatic heterocycles. The summed E-state index contributed by atoms with van der Waals surface area (Å²) in [6.45, 7) is 0.764. The molecular formula is C10H14ClNO. The second-order valence-electron chi connectivity index (χ2n) is 2.80. The monoisotopic (exact) mass is 199 g/mol.